The normalized spacial score (nSPS) is 11.3. The molecule has 2 nitrogen and oxygen atoms in total. The fourth-order valence-electron chi connectivity index (χ4n) is 0.852. The van der Waals surface area contributed by atoms with Crippen LogP contribution in [0.15, 0.2) is 29.3 Å². The zero-order chi connectivity index (χ0) is 6.97. The van der Waals surface area contributed by atoms with Gasteiger partial charge in [-0.2, -0.15) is 0 Å². The average Bonchev–Trinajstić information content (AvgIpc) is 2.63. The monoisotopic (exact) mass is 133 g/mol. The molecular formula is C8H7NO. The third-order valence-corrected chi connectivity index (χ3v) is 1.49. The molecule has 0 radical (unpaired) electrons. The lowest BCUT2D eigenvalue weighted by atomic mass is 10.5. The van der Waals surface area contributed by atoms with Crippen molar-refractivity contribution in [2.45, 2.75) is 0 Å². The van der Waals surface area contributed by atoms with Crippen LogP contribution in [-0.2, 0) is 0 Å². The molecule has 0 saturated heterocycles. The molecule has 0 bridgehead atoms. The molecule has 1 aromatic carbocycles. The molecule has 0 fully saturated rings. The van der Waals surface area contributed by atoms with Gasteiger partial charge < -0.3 is 4.74 Å². The molecule has 1 aliphatic heterocycles. The number of ether oxygens (including phenoxy) is 1. The topological polar surface area (TPSA) is 24.9 Å². The summed E-state index contributed by atoms with van der Waals surface area (Å²) in [6.45, 7) is 0. The molecule has 0 N–H and O–H groups in total. The summed E-state index contributed by atoms with van der Waals surface area (Å²) >= 11 is 0. The maximum absolute atomic E-state index is 5.06. The van der Waals surface area contributed by atoms with Crippen molar-refractivity contribution in [3.63, 3.8) is 0 Å². The Labute approximate surface area is 58.8 Å². The van der Waals surface area contributed by atoms with Crippen LogP contribution in [0, 0.1) is 0 Å². The predicted molar refractivity (Wildman–Crippen MR) is 38.0 cm³/mol. The van der Waals surface area contributed by atoms with E-state index in [4.69, 9.17) is 4.74 Å². The summed E-state index contributed by atoms with van der Waals surface area (Å²) in [5, 5.41) is 0.982. The predicted octanol–water partition coefficient (Wildman–Crippen LogP) is 1.32. The molecule has 0 amide bonds. The van der Waals surface area contributed by atoms with Gasteiger partial charge in [-0.25, -0.2) is 0 Å². The van der Waals surface area contributed by atoms with Crippen LogP contribution in [0.3, 0.4) is 0 Å². The minimum atomic E-state index is 0.968. The van der Waals surface area contributed by atoms with E-state index in [-0.39, 0.29) is 0 Å². The Hall–Kier alpha value is -1.31. The van der Waals surface area contributed by atoms with Gasteiger partial charge >= 0.3 is 0 Å². The Morgan fingerprint density at radius 1 is 1.10 bits per heavy atom. The van der Waals surface area contributed by atoms with Crippen LogP contribution in [0.2, 0.25) is 0 Å². The Kier molecular flexibility index (Phi) is 1.01. The first-order valence-electron chi connectivity index (χ1n) is 3.15. The third kappa shape index (κ3) is 0.778. The molecule has 2 rings (SSSR count). The Bertz CT molecular complexity index is 303. The molecule has 0 unspecified atom stereocenters. The zero-order valence-corrected chi connectivity index (χ0v) is 5.66. The van der Waals surface area contributed by atoms with Gasteiger partial charge in [0, 0.05) is 7.05 Å². The first kappa shape index (κ1) is 5.47. The summed E-state index contributed by atoms with van der Waals surface area (Å²) < 4.78 is 5.06. The van der Waals surface area contributed by atoms with E-state index in [0.717, 1.165) is 16.9 Å². The third-order valence-electron chi connectivity index (χ3n) is 1.49. The van der Waals surface area contributed by atoms with Gasteiger partial charge in [0.25, 0.3) is 0 Å². The van der Waals surface area contributed by atoms with Gasteiger partial charge in [0.05, 0.1) is 5.36 Å². The van der Waals surface area contributed by atoms with Crippen molar-refractivity contribution >= 4 is 0 Å². The second-order valence-corrected chi connectivity index (χ2v) is 2.15. The Balaban J connectivity index is 2.67. The van der Waals surface area contributed by atoms with Gasteiger partial charge in [0.1, 0.15) is 0 Å². The van der Waals surface area contributed by atoms with Gasteiger partial charge in [0.2, 0.25) is 0 Å². The molecule has 0 spiro atoms. The lowest BCUT2D eigenvalue weighted by Crippen LogP contribution is -1.93. The zero-order valence-electron chi connectivity index (χ0n) is 5.66. The molecule has 0 atom stereocenters. The van der Waals surface area contributed by atoms with E-state index in [1.165, 1.54) is 0 Å². The number of fused-ring (bicyclic) bond motifs is 1. The lowest BCUT2D eigenvalue weighted by Gasteiger charge is -1.73. The maximum Gasteiger partial charge on any atom is 0.170 e. The molecule has 0 aromatic heterocycles. The van der Waals surface area contributed by atoms with Crippen molar-refractivity contribution in [1.29, 1.82) is 0 Å². The van der Waals surface area contributed by atoms with Gasteiger partial charge in [-0.3, -0.25) is 4.99 Å². The van der Waals surface area contributed by atoms with Gasteiger partial charge in [-0.05, 0) is 24.3 Å². The molecule has 1 aromatic rings. The number of rotatable bonds is 0. The van der Waals surface area contributed by atoms with Crippen molar-refractivity contribution in [2.75, 3.05) is 7.05 Å². The van der Waals surface area contributed by atoms with Crippen molar-refractivity contribution < 1.29 is 4.74 Å². The van der Waals surface area contributed by atoms with Crippen molar-refractivity contribution in [3.05, 3.63) is 29.6 Å². The van der Waals surface area contributed by atoms with Crippen LogP contribution in [-0.4, -0.2) is 7.05 Å². The molecule has 50 valence electrons. The summed E-state index contributed by atoms with van der Waals surface area (Å²) in [6, 6.07) is 7.73. The highest BCUT2D eigenvalue weighted by Crippen LogP contribution is 2.42. The highest BCUT2D eigenvalue weighted by Gasteiger charge is 2.15. The smallest absolute Gasteiger partial charge is 0.170 e. The summed E-state index contributed by atoms with van der Waals surface area (Å²) in [5.41, 5.74) is 0. The number of hydrogen-bond acceptors (Lipinski definition) is 2. The Morgan fingerprint density at radius 3 is 2.20 bits per heavy atom. The molecule has 0 saturated carbocycles. The SMILES string of the molecule is CN=c1ccc2c(cc1)O2. The largest absolute Gasteiger partial charge is 0.450 e. The van der Waals surface area contributed by atoms with Crippen LogP contribution < -0.4 is 10.1 Å². The van der Waals surface area contributed by atoms with Crippen LogP contribution in [0.25, 0.3) is 0 Å². The lowest BCUT2D eigenvalue weighted by molar-refractivity contribution is 0.648. The summed E-state index contributed by atoms with van der Waals surface area (Å²) in [6.07, 6.45) is 0. The van der Waals surface area contributed by atoms with Crippen LogP contribution >= 0.6 is 0 Å². The second kappa shape index (κ2) is 1.84. The van der Waals surface area contributed by atoms with Crippen molar-refractivity contribution in [3.8, 4) is 11.5 Å². The maximum atomic E-state index is 5.06. The van der Waals surface area contributed by atoms with Gasteiger partial charge in [-0.15, -0.1) is 0 Å². The number of nitrogens with zero attached hydrogens (tertiary/aromatic N) is 1. The fourth-order valence-corrected chi connectivity index (χ4v) is 0.852. The van der Waals surface area contributed by atoms with E-state index in [1.54, 1.807) is 7.05 Å². The van der Waals surface area contributed by atoms with Crippen LogP contribution in [0.4, 0.5) is 0 Å². The van der Waals surface area contributed by atoms with Crippen LogP contribution in [0.5, 0.6) is 11.5 Å². The molecule has 2 heteroatoms. The Morgan fingerprint density at radius 2 is 1.70 bits per heavy atom. The summed E-state index contributed by atoms with van der Waals surface area (Å²) in [7, 11) is 1.77. The first-order valence-corrected chi connectivity index (χ1v) is 3.15. The van der Waals surface area contributed by atoms with E-state index in [2.05, 4.69) is 4.99 Å². The van der Waals surface area contributed by atoms with E-state index < -0.39 is 0 Å². The van der Waals surface area contributed by atoms with Crippen molar-refractivity contribution in [1.82, 2.24) is 0 Å². The quantitative estimate of drug-likeness (QED) is 0.497. The van der Waals surface area contributed by atoms with E-state index in [0.29, 0.717) is 0 Å². The minimum Gasteiger partial charge on any atom is -0.450 e. The summed E-state index contributed by atoms with van der Waals surface area (Å²) in [5.74, 6) is 1.94. The number of hydrogen-bond donors (Lipinski definition) is 0. The molecule has 0 aliphatic carbocycles. The van der Waals surface area contributed by atoms with Gasteiger partial charge in [0.15, 0.2) is 11.5 Å². The minimum absolute atomic E-state index is 0.968. The van der Waals surface area contributed by atoms with Crippen LogP contribution in [0.1, 0.15) is 0 Å². The standard InChI is InChI=1S/C8H7NO/c1-9-6-2-4-7-8(10-7)5-3-6/h2-5H,1H3. The highest BCUT2D eigenvalue weighted by molar-refractivity contribution is 5.52. The fraction of sp³-hybridized carbons (Fsp3) is 0.125. The first-order chi connectivity index (χ1) is 4.90. The second-order valence-electron chi connectivity index (χ2n) is 2.15. The molecule has 1 aliphatic rings. The van der Waals surface area contributed by atoms with Crippen molar-refractivity contribution in [2.24, 2.45) is 4.99 Å². The van der Waals surface area contributed by atoms with Gasteiger partial charge in [-0.1, -0.05) is 0 Å². The molecule has 1 heterocycles. The van der Waals surface area contributed by atoms with E-state index in [9.17, 15) is 0 Å². The van der Waals surface area contributed by atoms with E-state index >= 15 is 0 Å². The summed E-state index contributed by atoms with van der Waals surface area (Å²) in [4.78, 5) is 4.02. The van der Waals surface area contributed by atoms with E-state index in [1.807, 2.05) is 24.3 Å². The molecule has 10 heavy (non-hydrogen) atoms. The average molecular weight is 133 g/mol. The highest BCUT2D eigenvalue weighted by atomic mass is 16.6. The molecular weight excluding hydrogens is 126 g/mol.